The van der Waals surface area contributed by atoms with Crippen LogP contribution in [-0.2, 0) is 16.1 Å². The van der Waals surface area contributed by atoms with Crippen molar-refractivity contribution < 1.29 is 19.1 Å². The van der Waals surface area contributed by atoms with E-state index in [4.69, 9.17) is 9.47 Å². The fourth-order valence-electron chi connectivity index (χ4n) is 2.46. The SMILES string of the molecule is CCN(CC(=O)Nc1cccc(OC)c1)C(=O)c1ccc(=O)n(CCOC)n1. The van der Waals surface area contributed by atoms with Gasteiger partial charge >= 0.3 is 0 Å². The molecule has 9 nitrogen and oxygen atoms in total. The highest BCUT2D eigenvalue weighted by Gasteiger charge is 2.19. The third-order valence-electron chi connectivity index (χ3n) is 3.95. The largest absolute Gasteiger partial charge is 0.497 e. The van der Waals surface area contributed by atoms with Crippen LogP contribution < -0.4 is 15.6 Å². The topological polar surface area (TPSA) is 103 Å². The van der Waals surface area contributed by atoms with Crippen LogP contribution >= 0.6 is 0 Å². The zero-order valence-electron chi connectivity index (χ0n) is 16.2. The quantitative estimate of drug-likeness (QED) is 0.687. The summed E-state index contributed by atoms with van der Waals surface area (Å²) in [5, 5.41) is 6.81. The minimum absolute atomic E-state index is 0.0896. The molecule has 0 spiro atoms. The van der Waals surface area contributed by atoms with Crippen molar-refractivity contribution in [3.05, 3.63) is 52.4 Å². The van der Waals surface area contributed by atoms with E-state index in [9.17, 15) is 14.4 Å². The maximum atomic E-state index is 12.7. The van der Waals surface area contributed by atoms with Crippen LogP contribution in [0.15, 0.2) is 41.2 Å². The van der Waals surface area contributed by atoms with Gasteiger partial charge in [-0.2, -0.15) is 5.10 Å². The third-order valence-corrected chi connectivity index (χ3v) is 3.95. The van der Waals surface area contributed by atoms with E-state index < -0.39 is 5.91 Å². The summed E-state index contributed by atoms with van der Waals surface area (Å²) in [4.78, 5) is 38.2. The number of ether oxygens (including phenoxy) is 2. The second-order valence-corrected chi connectivity index (χ2v) is 5.87. The molecule has 2 aromatic rings. The maximum absolute atomic E-state index is 12.7. The first-order chi connectivity index (χ1) is 13.5. The lowest BCUT2D eigenvalue weighted by Crippen LogP contribution is -2.39. The average Bonchev–Trinajstić information content (AvgIpc) is 2.71. The van der Waals surface area contributed by atoms with Gasteiger partial charge in [0.2, 0.25) is 5.91 Å². The van der Waals surface area contributed by atoms with Gasteiger partial charge in [-0.3, -0.25) is 14.4 Å². The minimum Gasteiger partial charge on any atom is -0.497 e. The Labute approximate surface area is 162 Å². The van der Waals surface area contributed by atoms with Crippen molar-refractivity contribution in [2.24, 2.45) is 0 Å². The summed E-state index contributed by atoms with van der Waals surface area (Å²) in [6, 6.07) is 9.57. The maximum Gasteiger partial charge on any atom is 0.274 e. The molecule has 0 bridgehead atoms. The molecule has 28 heavy (non-hydrogen) atoms. The first kappa shape index (κ1) is 21.1. The predicted octanol–water partition coefficient (Wildman–Crippen LogP) is 0.999. The van der Waals surface area contributed by atoms with Crippen molar-refractivity contribution in [1.29, 1.82) is 0 Å². The van der Waals surface area contributed by atoms with Gasteiger partial charge in [-0.1, -0.05) is 6.07 Å². The molecule has 0 radical (unpaired) electrons. The number of amides is 2. The summed E-state index contributed by atoms with van der Waals surface area (Å²) < 4.78 is 11.2. The van der Waals surface area contributed by atoms with E-state index in [0.717, 1.165) is 0 Å². The molecule has 150 valence electrons. The Kier molecular flexibility index (Phi) is 7.70. The summed E-state index contributed by atoms with van der Waals surface area (Å²) in [5.74, 6) is -0.172. The number of nitrogens with zero attached hydrogens (tertiary/aromatic N) is 3. The van der Waals surface area contributed by atoms with Gasteiger partial charge in [0.25, 0.3) is 11.5 Å². The first-order valence-electron chi connectivity index (χ1n) is 8.78. The fraction of sp³-hybridized carbons (Fsp3) is 0.368. The van der Waals surface area contributed by atoms with Crippen molar-refractivity contribution in [3.8, 4) is 5.75 Å². The number of hydrogen-bond donors (Lipinski definition) is 1. The molecule has 0 atom stereocenters. The highest BCUT2D eigenvalue weighted by molar-refractivity contribution is 5.98. The van der Waals surface area contributed by atoms with Gasteiger partial charge in [0, 0.05) is 31.5 Å². The summed E-state index contributed by atoms with van der Waals surface area (Å²) in [5.41, 5.74) is 0.332. The van der Waals surface area contributed by atoms with Gasteiger partial charge in [-0.05, 0) is 25.1 Å². The van der Waals surface area contributed by atoms with Crippen molar-refractivity contribution in [3.63, 3.8) is 0 Å². The van der Waals surface area contributed by atoms with E-state index in [1.54, 1.807) is 31.2 Å². The number of rotatable bonds is 9. The minimum atomic E-state index is -0.436. The van der Waals surface area contributed by atoms with Crippen LogP contribution in [0.2, 0.25) is 0 Å². The van der Waals surface area contributed by atoms with Crippen molar-refractivity contribution in [2.45, 2.75) is 13.5 Å². The lowest BCUT2D eigenvalue weighted by molar-refractivity contribution is -0.116. The predicted molar refractivity (Wildman–Crippen MR) is 104 cm³/mol. The van der Waals surface area contributed by atoms with Gasteiger partial charge in [0.15, 0.2) is 0 Å². The molecular formula is C19H24N4O5. The summed E-state index contributed by atoms with van der Waals surface area (Å²) in [6.07, 6.45) is 0. The number of nitrogens with one attached hydrogen (secondary N) is 1. The Balaban J connectivity index is 2.08. The van der Waals surface area contributed by atoms with Crippen LogP contribution in [0.4, 0.5) is 5.69 Å². The number of aromatic nitrogens is 2. The fourth-order valence-corrected chi connectivity index (χ4v) is 2.46. The number of methoxy groups -OCH3 is 2. The van der Waals surface area contributed by atoms with Crippen LogP contribution in [0.5, 0.6) is 5.75 Å². The van der Waals surface area contributed by atoms with Gasteiger partial charge in [-0.15, -0.1) is 0 Å². The summed E-state index contributed by atoms with van der Waals surface area (Å²) >= 11 is 0. The Morgan fingerprint density at radius 1 is 1.21 bits per heavy atom. The van der Waals surface area contributed by atoms with Crippen LogP contribution in [0.1, 0.15) is 17.4 Å². The van der Waals surface area contributed by atoms with Gasteiger partial charge < -0.3 is 19.7 Å². The molecule has 1 N–H and O–H groups in total. The van der Waals surface area contributed by atoms with Crippen LogP contribution in [0.25, 0.3) is 0 Å². The molecule has 0 aliphatic heterocycles. The van der Waals surface area contributed by atoms with E-state index in [1.165, 1.54) is 35.9 Å². The Morgan fingerprint density at radius 3 is 2.68 bits per heavy atom. The molecule has 2 amide bonds. The standard InChI is InChI=1S/C19H24N4O5/c1-4-22(13-17(24)20-14-6-5-7-15(12-14)28-3)19(26)16-8-9-18(25)23(21-16)10-11-27-2/h5-9,12H,4,10-11,13H2,1-3H3,(H,20,24). The van der Waals surface area contributed by atoms with Gasteiger partial charge in [0.1, 0.15) is 18.0 Å². The highest BCUT2D eigenvalue weighted by Crippen LogP contribution is 2.16. The van der Waals surface area contributed by atoms with Crippen molar-refractivity contribution >= 4 is 17.5 Å². The number of likely N-dealkylation sites (N-methyl/N-ethyl adjacent to an activating group) is 1. The average molecular weight is 388 g/mol. The molecule has 0 unspecified atom stereocenters. The molecule has 1 heterocycles. The number of carbonyl (C=O) groups excluding carboxylic acids is 2. The second-order valence-electron chi connectivity index (χ2n) is 5.87. The molecule has 0 aliphatic carbocycles. The Bertz CT molecular complexity index is 881. The van der Waals surface area contributed by atoms with E-state index in [-0.39, 0.29) is 30.2 Å². The lowest BCUT2D eigenvalue weighted by Gasteiger charge is -2.20. The lowest BCUT2D eigenvalue weighted by atomic mass is 10.3. The molecule has 9 heteroatoms. The van der Waals surface area contributed by atoms with Crippen molar-refractivity contribution in [2.75, 3.05) is 39.2 Å². The number of anilines is 1. The van der Waals surface area contributed by atoms with Crippen LogP contribution in [0, 0.1) is 0 Å². The van der Waals surface area contributed by atoms with Crippen LogP contribution in [0.3, 0.4) is 0 Å². The summed E-state index contributed by atoms with van der Waals surface area (Å²) in [7, 11) is 3.05. The summed E-state index contributed by atoms with van der Waals surface area (Å²) in [6.45, 7) is 2.45. The molecular weight excluding hydrogens is 364 g/mol. The zero-order valence-corrected chi connectivity index (χ0v) is 16.2. The first-order valence-corrected chi connectivity index (χ1v) is 8.78. The molecule has 1 aromatic carbocycles. The van der Waals surface area contributed by atoms with Gasteiger partial charge in [0.05, 0.1) is 20.3 Å². The van der Waals surface area contributed by atoms with E-state index in [1.807, 2.05) is 0 Å². The molecule has 1 aromatic heterocycles. The molecule has 0 aliphatic rings. The van der Waals surface area contributed by atoms with Crippen molar-refractivity contribution in [1.82, 2.24) is 14.7 Å². The molecule has 0 fully saturated rings. The van der Waals surface area contributed by atoms with Gasteiger partial charge in [-0.25, -0.2) is 4.68 Å². The van der Waals surface area contributed by atoms with E-state index in [2.05, 4.69) is 10.4 Å². The number of carbonyl (C=O) groups is 2. The smallest absolute Gasteiger partial charge is 0.274 e. The normalized spacial score (nSPS) is 10.4. The van der Waals surface area contributed by atoms with E-state index in [0.29, 0.717) is 24.6 Å². The van der Waals surface area contributed by atoms with E-state index >= 15 is 0 Å². The van der Waals surface area contributed by atoms with Crippen LogP contribution in [-0.4, -0.2) is 60.4 Å². The molecule has 0 saturated carbocycles. The highest BCUT2D eigenvalue weighted by atomic mass is 16.5. The number of benzene rings is 1. The molecule has 2 rings (SSSR count). The third kappa shape index (κ3) is 5.65. The zero-order chi connectivity index (χ0) is 20.5. The Hall–Kier alpha value is -3.20. The number of hydrogen-bond acceptors (Lipinski definition) is 6. The monoisotopic (exact) mass is 388 g/mol. The molecule has 0 saturated heterocycles. The Morgan fingerprint density at radius 2 is 2.00 bits per heavy atom. The second kappa shape index (κ2) is 10.2.